The van der Waals surface area contributed by atoms with Crippen molar-refractivity contribution in [1.82, 2.24) is 10.2 Å². The van der Waals surface area contributed by atoms with Gasteiger partial charge in [-0.1, -0.05) is 37.3 Å². The lowest BCUT2D eigenvalue weighted by Gasteiger charge is -2.21. The molecule has 4 heteroatoms. The Morgan fingerprint density at radius 3 is 2.62 bits per heavy atom. The van der Waals surface area contributed by atoms with Gasteiger partial charge in [0.05, 0.1) is 6.04 Å². The molecule has 2 atom stereocenters. The molecule has 21 heavy (non-hydrogen) atoms. The number of likely N-dealkylation sites (tertiary alicyclic amines) is 1. The number of hydrogen-bond acceptors (Lipinski definition) is 3. The van der Waals surface area contributed by atoms with E-state index in [0.717, 1.165) is 12.1 Å². The number of nitrogens with one attached hydrogen (secondary N) is 1. The van der Waals surface area contributed by atoms with Crippen molar-refractivity contribution in [3.63, 3.8) is 0 Å². The molecule has 116 valence electrons. The van der Waals surface area contributed by atoms with E-state index in [9.17, 15) is 4.79 Å². The van der Waals surface area contributed by atoms with Crippen molar-refractivity contribution in [3.05, 3.63) is 35.9 Å². The van der Waals surface area contributed by atoms with Gasteiger partial charge in [0.1, 0.15) is 0 Å². The van der Waals surface area contributed by atoms with E-state index in [4.69, 9.17) is 5.73 Å². The molecular weight excluding hydrogens is 262 g/mol. The molecule has 0 aromatic heterocycles. The predicted molar refractivity (Wildman–Crippen MR) is 86.0 cm³/mol. The molecule has 1 aliphatic rings. The van der Waals surface area contributed by atoms with Gasteiger partial charge in [-0.2, -0.15) is 0 Å². The average Bonchev–Trinajstić information content (AvgIpc) is 2.98. The highest BCUT2D eigenvalue weighted by Crippen LogP contribution is 2.09. The first-order chi connectivity index (χ1) is 10.1. The lowest BCUT2D eigenvalue weighted by Crippen LogP contribution is -2.44. The predicted octanol–water partition coefficient (Wildman–Crippen LogP) is 1.40. The summed E-state index contributed by atoms with van der Waals surface area (Å²) in [6.07, 6.45) is 3.20. The number of carbonyl (C=O) groups is 1. The second kappa shape index (κ2) is 8.15. The lowest BCUT2D eigenvalue weighted by molar-refractivity contribution is -0.122. The number of benzene rings is 1. The van der Waals surface area contributed by atoms with Gasteiger partial charge in [0.15, 0.2) is 0 Å². The molecule has 4 nitrogen and oxygen atoms in total. The molecule has 1 unspecified atom stereocenters. The maximum atomic E-state index is 12.0. The van der Waals surface area contributed by atoms with Crippen LogP contribution in [0.15, 0.2) is 30.3 Å². The van der Waals surface area contributed by atoms with Crippen LogP contribution in [0.25, 0.3) is 0 Å². The number of amides is 1. The van der Waals surface area contributed by atoms with Crippen LogP contribution in [0, 0.1) is 5.92 Å². The van der Waals surface area contributed by atoms with Crippen LogP contribution in [0.4, 0.5) is 0 Å². The van der Waals surface area contributed by atoms with Gasteiger partial charge in [-0.25, -0.2) is 0 Å². The molecule has 1 fully saturated rings. The fourth-order valence-electron chi connectivity index (χ4n) is 2.84. The Balaban J connectivity index is 1.68. The normalized spacial score (nSPS) is 18.4. The fraction of sp³-hybridized carbons (Fsp3) is 0.588. The number of nitrogens with two attached hydrogens (primary N) is 1. The third-order valence-electron chi connectivity index (χ3n) is 4.03. The zero-order chi connectivity index (χ0) is 15.1. The average molecular weight is 289 g/mol. The Morgan fingerprint density at radius 2 is 1.95 bits per heavy atom. The van der Waals surface area contributed by atoms with Crippen molar-refractivity contribution < 1.29 is 4.79 Å². The summed E-state index contributed by atoms with van der Waals surface area (Å²) in [5.41, 5.74) is 7.08. The van der Waals surface area contributed by atoms with E-state index < -0.39 is 6.04 Å². The molecular formula is C17H27N3O. The van der Waals surface area contributed by atoms with Crippen molar-refractivity contribution in [2.45, 2.75) is 32.2 Å². The van der Waals surface area contributed by atoms with Crippen LogP contribution in [-0.4, -0.2) is 43.0 Å². The molecule has 0 saturated carbocycles. The molecule has 0 spiro atoms. The minimum Gasteiger partial charge on any atom is -0.354 e. The largest absolute Gasteiger partial charge is 0.354 e. The van der Waals surface area contributed by atoms with Gasteiger partial charge in [0.25, 0.3) is 0 Å². The van der Waals surface area contributed by atoms with Crippen molar-refractivity contribution in [1.29, 1.82) is 0 Å². The third-order valence-corrected chi connectivity index (χ3v) is 4.03. The van der Waals surface area contributed by atoms with Crippen molar-refractivity contribution in [2.24, 2.45) is 11.7 Å². The van der Waals surface area contributed by atoms with Crippen LogP contribution in [0.2, 0.25) is 0 Å². The summed E-state index contributed by atoms with van der Waals surface area (Å²) >= 11 is 0. The van der Waals surface area contributed by atoms with Gasteiger partial charge in [-0.15, -0.1) is 0 Å². The molecule has 1 heterocycles. The summed E-state index contributed by atoms with van der Waals surface area (Å²) < 4.78 is 0. The monoisotopic (exact) mass is 289 g/mol. The smallest absolute Gasteiger partial charge is 0.237 e. The Kier molecular flexibility index (Phi) is 6.21. The molecule has 1 aliphatic heterocycles. The third kappa shape index (κ3) is 5.48. The number of hydrogen-bond donors (Lipinski definition) is 2. The maximum Gasteiger partial charge on any atom is 0.237 e. The van der Waals surface area contributed by atoms with Crippen LogP contribution in [0.1, 0.15) is 25.3 Å². The molecule has 1 aromatic carbocycles. The molecule has 2 rings (SSSR count). The molecule has 0 radical (unpaired) electrons. The summed E-state index contributed by atoms with van der Waals surface area (Å²) in [6, 6.07) is 9.45. The fourth-order valence-corrected chi connectivity index (χ4v) is 2.84. The second-order valence-electron chi connectivity index (χ2n) is 6.15. The SMILES string of the molecule is CC(CNC(=O)[C@@H](N)Cc1ccccc1)CN1CCCC1. The highest BCUT2D eigenvalue weighted by Gasteiger charge is 2.17. The molecule has 3 N–H and O–H groups in total. The molecule has 1 aromatic rings. The van der Waals surface area contributed by atoms with Crippen LogP contribution < -0.4 is 11.1 Å². The summed E-state index contributed by atoms with van der Waals surface area (Å²) in [6.45, 7) is 6.35. The highest BCUT2D eigenvalue weighted by molar-refractivity contribution is 5.81. The standard InChI is InChI=1S/C17H27N3O/c1-14(13-20-9-5-6-10-20)12-19-17(21)16(18)11-15-7-3-2-4-8-15/h2-4,7-8,14,16H,5-6,9-13,18H2,1H3,(H,19,21)/t14?,16-/m0/s1. The topological polar surface area (TPSA) is 58.4 Å². The minimum atomic E-state index is -0.466. The van der Waals surface area contributed by atoms with E-state index in [0.29, 0.717) is 18.9 Å². The molecule has 0 aliphatic carbocycles. The minimum absolute atomic E-state index is 0.0490. The van der Waals surface area contributed by atoms with Gasteiger partial charge >= 0.3 is 0 Å². The van der Waals surface area contributed by atoms with E-state index in [2.05, 4.69) is 17.1 Å². The number of nitrogens with zero attached hydrogens (tertiary/aromatic N) is 1. The first-order valence-corrected chi connectivity index (χ1v) is 7.94. The van der Waals surface area contributed by atoms with Gasteiger partial charge < -0.3 is 16.0 Å². The second-order valence-corrected chi connectivity index (χ2v) is 6.15. The van der Waals surface area contributed by atoms with Crippen molar-refractivity contribution >= 4 is 5.91 Å². The summed E-state index contributed by atoms with van der Waals surface area (Å²) in [7, 11) is 0. The summed E-state index contributed by atoms with van der Waals surface area (Å²) in [4.78, 5) is 14.5. The summed E-state index contributed by atoms with van der Waals surface area (Å²) in [5, 5.41) is 2.99. The first kappa shape index (κ1) is 16.0. The molecule has 0 bridgehead atoms. The van der Waals surface area contributed by atoms with E-state index in [1.165, 1.54) is 25.9 Å². The van der Waals surface area contributed by atoms with Gasteiger partial charge in [0.2, 0.25) is 5.91 Å². The Labute approximate surface area is 127 Å². The van der Waals surface area contributed by atoms with Gasteiger partial charge in [0, 0.05) is 13.1 Å². The first-order valence-electron chi connectivity index (χ1n) is 7.94. The van der Waals surface area contributed by atoms with E-state index in [-0.39, 0.29) is 5.91 Å². The van der Waals surface area contributed by atoms with E-state index in [1.807, 2.05) is 30.3 Å². The highest BCUT2D eigenvalue weighted by atomic mass is 16.2. The number of rotatable bonds is 7. The number of carbonyl (C=O) groups excluding carboxylic acids is 1. The van der Waals surface area contributed by atoms with Crippen LogP contribution in [0.3, 0.4) is 0 Å². The van der Waals surface area contributed by atoms with Gasteiger partial charge in [-0.3, -0.25) is 4.79 Å². The summed E-state index contributed by atoms with van der Waals surface area (Å²) in [5.74, 6) is 0.420. The van der Waals surface area contributed by atoms with Crippen molar-refractivity contribution in [3.8, 4) is 0 Å². The molecule has 1 amide bonds. The van der Waals surface area contributed by atoms with Gasteiger partial charge in [-0.05, 0) is 43.8 Å². The van der Waals surface area contributed by atoms with E-state index >= 15 is 0 Å². The van der Waals surface area contributed by atoms with Crippen LogP contribution in [-0.2, 0) is 11.2 Å². The Bertz CT molecular complexity index is 429. The van der Waals surface area contributed by atoms with Crippen molar-refractivity contribution in [2.75, 3.05) is 26.2 Å². The van der Waals surface area contributed by atoms with E-state index in [1.54, 1.807) is 0 Å². The molecule has 1 saturated heterocycles. The Morgan fingerprint density at radius 1 is 1.29 bits per heavy atom. The van der Waals surface area contributed by atoms with Crippen LogP contribution in [0.5, 0.6) is 0 Å². The zero-order valence-corrected chi connectivity index (χ0v) is 12.9. The maximum absolute atomic E-state index is 12.0. The Hall–Kier alpha value is -1.39. The zero-order valence-electron chi connectivity index (χ0n) is 12.9. The lowest BCUT2D eigenvalue weighted by atomic mass is 10.1. The van der Waals surface area contributed by atoms with Crippen LogP contribution >= 0.6 is 0 Å². The quantitative estimate of drug-likeness (QED) is 0.798.